The number of nitrogens with one attached hydrogen (secondary N) is 1. The number of benzene rings is 1. The predicted octanol–water partition coefficient (Wildman–Crippen LogP) is 3.28. The van der Waals surface area contributed by atoms with Crippen molar-refractivity contribution >= 4 is 17.2 Å². The first-order valence-corrected chi connectivity index (χ1v) is 8.85. The second kappa shape index (κ2) is 8.13. The molecule has 0 radical (unpaired) electrons. The largest absolute Gasteiger partial charge is 0.490 e. The average molecular weight is 331 g/mol. The summed E-state index contributed by atoms with van der Waals surface area (Å²) in [6.07, 6.45) is 3.10. The molecule has 1 aliphatic heterocycles. The predicted molar refractivity (Wildman–Crippen MR) is 91.3 cm³/mol. The van der Waals surface area contributed by atoms with Crippen LogP contribution in [0.2, 0.25) is 0 Å². The van der Waals surface area contributed by atoms with Gasteiger partial charge in [-0.1, -0.05) is 18.2 Å². The van der Waals surface area contributed by atoms with Crippen LogP contribution in [0, 0.1) is 0 Å². The molecule has 5 heteroatoms. The Morgan fingerprint density at radius 1 is 1.30 bits per heavy atom. The molecule has 0 aliphatic carbocycles. The molecule has 2 aromatic rings. The molecule has 0 saturated carbocycles. The molecule has 2 heterocycles. The normalized spacial score (nSPS) is 17.1. The van der Waals surface area contributed by atoms with Gasteiger partial charge in [-0.3, -0.25) is 4.79 Å². The minimum absolute atomic E-state index is 0.0931. The number of ether oxygens (including phenoxy) is 2. The number of hydrogen-bond donors (Lipinski definition) is 1. The molecular weight excluding hydrogens is 310 g/mol. The fourth-order valence-corrected chi connectivity index (χ4v) is 3.30. The molecule has 23 heavy (non-hydrogen) atoms. The van der Waals surface area contributed by atoms with Gasteiger partial charge in [0, 0.05) is 18.0 Å². The van der Waals surface area contributed by atoms with Crippen LogP contribution in [0.25, 0.3) is 0 Å². The molecule has 1 saturated heterocycles. The lowest BCUT2D eigenvalue weighted by Crippen LogP contribution is -2.26. The number of carbonyl (C=O) groups excluding carboxylic acids is 1. The van der Waals surface area contributed by atoms with E-state index in [1.54, 1.807) is 17.4 Å². The minimum atomic E-state index is -0.0931. The molecule has 3 rings (SSSR count). The lowest BCUT2D eigenvalue weighted by atomic mass is 10.2. The summed E-state index contributed by atoms with van der Waals surface area (Å²) in [6.45, 7) is 1.93. The summed E-state index contributed by atoms with van der Waals surface area (Å²) >= 11 is 1.71. The van der Waals surface area contributed by atoms with Gasteiger partial charge in [0.05, 0.1) is 11.7 Å². The van der Waals surface area contributed by atoms with Gasteiger partial charge in [0.25, 0.3) is 5.91 Å². The molecule has 1 aromatic heterocycles. The highest BCUT2D eigenvalue weighted by molar-refractivity contribution is 7.09. The first-order chi connectivity index (χ1) is 11.3. The molecule has 0 bridgehead atoms. The van der Waals surface area contributed by atoms with Crippen molar-refractivity contribution in [2.24, 2.45) is 0 Å². The molecule has 1 unspecified atom stereocenters. The van der Waals surface area contributed by atoms with E-state index >= 15 is 0 Å². The van der Waals surface area contributed by atoms with Crippen LogP contribution in [0.15, 0.2) is 41.8 Å². The number of para-hydroxylation sites is 1. The maximum Gasteiger partial charge on any atom is 0.255 e. The van der Waals surface area contributed by atoms with Crippen molar-refractivity contribution in [1.82, 2.24) is 5.32 Å². The van der Waals surface area contributed by atoms with Crippen molar-refractivity contribution in [2.75, 3.05) is 19.8 Å². The first-order valence-electron chi connectivity index (χ1n) is 7.97. The third-order valence-corrected chi connectivity index (χ3v) is 4.75. The molecule has 1 N–H and O–H groups in total. The second-order valence-electron chi connectivity index (χ2n) is 5.53. The van der Waals surface area contributed by atoms with E-state index < -0.39 is 0 Å². The number of thiophene rings is 1. The molecule has 0 spiro atoms. The number of amides is 1. The number of hydrogen-bond acceptors (Lipinski definition) is 4. The van der Waals surface area contributed by atoms with Crippen LogP contribution >= 0.6 is 11.3 Å². The van der Waals surface area contributed by atoms with Gasteiger partial charge in [0.2, 0.25) is 0 Å². The third-order valence-electron chi connectivity index (χ3n) is 3.82. The van der Waals surface area contributed by atoms with E-state index in [1.807, 2.05) is 29.6 Å². The summed E-state index contributed by atoms with van der Waals surface area (Å²) in [6, 6.07) is 11.5. The van der Waals surface area contributed by atoms with Crippen LogP contribution in [0.4, 0.5) is 0 Å². The van der Waals surface area contributed by atoms with Gasteiger partial charge in [0.15, 0.2) is 0 Å². The van der Waals surface area contributed by atoms with E-state index in [2.05, 4.69) is 11.4 Å². The van der Waals surface area contributed by atoms with Crippen molar-refractivity contribution in [1.29, 1.82) is 0 Å². The van der Waals surface area contributed by atoms with Gasteiger partial charge in [0.1, 0.15) is 12.4 Å². The van der Waals surface area contributed by atoms with Gasteiger partial charge >= 0.3 is 0 Å². The molecule has 122 valence electrons. The molecule has 1 amide bonds. The van der Waals surface area contributed by atoms with Crippen LogP contribution in [0.5, 0.6) is 5.75 Å². The Hall–Kier alpha value is -1.85. The lowest BCUT2D eigenvalue weighted by molar-refractivity contribution is 0.0670. The van der Waals surface area contributed by atoms with E-state index in [9.17, 15) is 4.79 Å². The Morgan fingerprint density at radius 2 is 2.22 bits per heavy atom. The fourth-order valence-electron chi connectivity index (χ4n) is 2.59. The zero-order chi connectivity index (χ0) is 15.9. The van der Waals surface area contributed by atoms with Crippen molar-refractivity contribution in [3.8, 4) is 5.75 Å². The summed E-state index contributed by atoms with van der Waals surface area (Å²) < 4.78 is 11.4. The maximum atomic E-state index is 12.4. The average Bonchev–Trinajstić information content (AvgIpc) is 3.27. The van der Waals surface area contributed by atoms with Crippen LogP contribution in [-0.4, -0.2) is 31.8 Å². The van der Waals surface area contributed by atoms with E-state index in [0.717, 1.165) is 25.9 Å². The summed E-state index contributed by atoms with van der Waals surface area (Å²) in [5, 5.41) is 5.01. The molecule has 4 nitrogen and oxygen atoms in total. The molecule has 1 fully saturated rings. The highest BCUT2D eigenvalue weighted by Crippen LogP contribution is 2.20. The van der Waals surface area contributed by atoms with Crippen LogP contribution in [-0.2, 0) is 11.2 Å². The molecular formula is C18H21NO3S. The van der Waals surface area contributed by atoms with Crippen molar-refractivity contribution in [2.45, 2.75) is 25.4 Å². The highest BCUT2D eigenvalue weighted by atomic mass is 32.1. The maximum absolute atomic E-state index is 12.4. The van der Waals surface area contributed by atoms with Crippen molar-refractivity contribution in [3.05, 3.63) is 52.2 Å². The zero-order valence-electron chi connectivity index (χ0n) is 13.0. The monoisotopic (exact) mass is 331 g/mol. The molecule has 1 aliphatic rings. The Morgan fingerprint density at radius 3 is 3.00 bits per heavy atom. The van der Waals surface area contributed by atoms with E-state index in [0.29, 0.717) is 24.5 Å². The van der Waals surface area contributed by atoms with Crippen LogP contribution in [0.1, 0.15) is 28.1 Å². The van der Waals surface area contributed by atoms with Gasteiger partial charge in [-0.15, -0.1) is 11.3 Å². The lowest BCUT2D eigenvalue weighted by Gasteiger charge is -2.14. The Bertz CT molecular complexity index is 621. The summed E-state index contributed by atoms with van der Waals surface area (Å²) in [4.78, 5) is 13.6. The second-order valence-corrected chi connectivity index (χ2v) is 6.56. The van der Waals surface area contributed by atoms with E-state index in [-0.39, 0.29) is 12.0 Å². The van der Waals surface area contributed by atoms with Gasteiger partial charge in [-0.2, -0.15) is 0 Å². The number of rotatable bonds is 7. The Kier molecular flexibility index (Phi) is 5.66. The smallest absolute Gasteiger partial charge is 0.255 e. The summed E-state index contributed by atoms with van der Waals surface area (Å²) in [5.74, 6) is 0.529. The highest BCUT2D eigenvalue weighted by Gasteiger charge is 2.18. The standard InChI is InChI=1S/C18H21NO3S/c20-18(19-10-9-15-6-4-12-23-15)16-7-1-2-8-17(16)22-13-14-5-3-11-21-14/h1-2,4,6-8,12,14H,3,5,9-11,13H2,(H,19,20). The van der Waals surface area contributed by atoms with Crippen molar-refractivity contribution < 1.29 is 14.3 Å². The van der Waals surface area contributed by atoms with Gasteiger partial charge in [-0.25, -0.2) is 0 Å². The van der Waals surface area contributed by atoms with Crippen LogP contribution < -0.4 is 10.1 Å². The SMILES string of the molecule is O=C(NCCc1cccs1)c1ccccc1OCC1CCCO1. The minimum Gasteiger partial charge on any atom is -0.490 e. The van der Waals surface area contributed by atoms with Gasteiger partial charge < -0.3 is 14.8 Å². The quantitative estimate of drug-likeness (QED) is 0.847. The Balaban J connectivity index is 1.54. The first kappa shape index (κ1) is 16.0. The van der Waals surface area contributed by atoms with Crippen molar-refractivity contribution in [3.63, 3.8) is 0 Å². The third kappa shape index (κ3) is 4.56. The Labute approximate surface area is 140 Å². The van der Waals surface area contributed by atoms with Crippen LogP contribution in [0.3, 0.4) is 0 Å². The fraction of sp³-hybridized carbons (Fsp3) is 0.389. The zero-order valence-corrected chi connectivity index (χ0v) is 13.8. The van der Waals surface area contributed by atoms with Gasteiger partial charge in [-0.05, 0) is 42.8 Å². The van der Waals surface area contributed by atoms with E-state index in [4.69, 9.17) is 9.47 Å². The summed E-state index contributed by atoms with van der Waals surface area (Å²) in [5.41, 5.74) is 0.580. The summed E-state index contributed by atoms with van der Waals surface area (Å²) in [7, 11) is 0. The topological polar surface area (TPSA) is 47.6 Å². The molecule has 1 atom stereocenters. The molecule has 1 aromatic carbocycles. The van der Waals surface area contributed by atoms with E-state index in [1.165, 1.54) is 4.88 Å². The number of carbonyl (C=O) groups is 1.